The van der Waals surface area contributed by atoms with E-state index in [2.05, 4.69) is 30.2 Å². The smallest absolute Gasteiger partial charge is 0.162 e. The SMILES string of the molecule is CCN(CC)C[C@H](O)COc1ccc2c(c1)c(C(C)=O)c(C)n2CC. The van der Waals surface area contributed by atoms with E-state index in [-0.39, 0.29) is 12.4 Å². The number of aryl methyl sites for hydroxylation is 1. The molecule has 2 aromatic rings. The number of hydrogen-bond donors (Lipinski definition) is 1. The second kappa shape index (κ2) is 8.50. The molecule has 1 atom stereocenters. The summed E-state index contributed by atoms with van der Waals surface area (Å²) in [5.41, 5.74) is 2.79. The maximum Gasteiger partial charge on any atom is 0.162 e. The first-order chi connectivity index (χ1) is 11.9. The van der Waals surface area contributed by atoms with Crippen molar-refractivity contribution in [2.24, 2.45) is 0 Å². The molecule has 25 heavy (non-hydrogen) atoms. The quantitative estimate of drug-likeness (QED) is 0.708. The van der Waals surface area contributed by atoms with Gasteiger partial charge in [-0.15, -0.1) is 0 Å². The van der Waals surface area contributed by atoms with Crippen molar-refractivity contribution < 1.29 is 14.6 Å². The highest BCUT2D eigenvalue weighted by Gasteiger charge is 2.17. The summed E-state index contributed by atoms with van der Waals surface area (Å²) in [4.78, 5) is 14.2. The van der Waals surface area contributed by atoms with Gasteiger partial charge in [0.05, 0.1) is 0 Å². The van der Waals surface area contributed by atoms with E-state index in [9.17, 15) is 9.90 Å². The Morgan fingerprint density at radius 1 is 1.28 bits per heavy atom. The third-order valence-corrected chi connectivity index (χ3v) is 4.77. The Bertz CT molecular complexity index is 732. The molecular weight excluding hydrogens is 316 g/mol. The van der Waals surface area contributed by atoms with Crippen LogP contribution in [0.4, 0.5) is 0 Å². The molecule has 0 unspecified atom stereocenters. The number of nitrogens with zero attached hydrogens (tertiary/aromatic N) is 2. The summed E-state index contributed by atoms with van der Waals surface area (Å²) < 4.78 is 7.93. The Labute approximate surface area is 150 Å². The fraction of sp³-hybridized carbons (Fsp3) is 0.550. The number of Topliss-reactive ketones (excluding diaryl/α,β-unsaturated/α-hetero) is 1. The highest BCUT2D eigenvalue weighted by Crippen LogP contribution is 2.29. The van der Waals surface area contributed by atoms with E-state index in [4.69, 9.17) is 4.74 Å². The topological polar surface area (TPSA) is 54.7 Å². The average Bonchev–Trinajstić information content (AvgIpc) is 2.88. The number of ketones is 1. The van der Waals surface area contributed by atoms with E-state index in [1.165, 1.54) is 0 Å². The zero-order valence-corrected chi connectivity index (χ0v) is 16.0. The van der Waals surface area contributed by atoms with Crippen molar-refractivity contribution in [1.82, 2.24) is 9.47 Å². The molecule has 2 rings (SSSR count). The molecule has 0 spiro atoms. The van der Waals surface area contributed by atoms with Crippen molar-refractivity contribution in [3.05, 3.63) is 29.5 Å². The van der Waals surface area contributed by atoms with Crippen LogP contribution in [-0.2, 0) is 6.54 Å². The highest BCUT2D eigenvalue weighted by atomic mass is 16.5. The molecule has 0 radical (unpaired) electrons. The second-order valence-corrected chi connectivity index (χ2v) is 6.39. The van der Waals surface area contributed by atoms with Crippen LogP contribution in [0.5, 0.6) is 5.75 Å². The molecule has 0 aliphatic heterocycles. The predicted molar refractivity (Wildman–Crippen MR) is 102 cm³/mol. The van der Waals surface area contributed by atoms with Crippen molar-refractivity contribution in [3.63, 3.8) is 0 Å². The molecule has 0 aliphatic carbocycles. The molecule has 0 amide bonds. The van der Waals surface area contributed by atoms with Crippen LogP contribution in [0, 0.1) is 6.92 Å². The summed E-state index contributed by atoms with van der Waals surface area (Å²) in [7, 11) is 0. The van der Waals surface area contributed by atoms with Gasteiger partial charge in [-0.3, -0.25) is 4.79 Å². The largest absolute Gasteiger partial charge is 0.491 e. The van der Waals surface area contributed by atoms with E-state index < -0.39 is 6.10 Å². The Kier molecular flexibility index (Phi) is 6.62. The van der Waals surface area contributed by atoms with E-state index in [0.717, 1.165) is 41.8 Å². The molecule has 1 heterocycles. The van der Waals surface area contributed by atoms with Gasteiger partial charge in [-0.2, -0.15) is 0 Å². The molecule has 138 valence electrons. The normalized spacial score (nSPS) is 12.8. The van der Waals surface area contributed by atoms with Gasteiger partial charge in [0.2, 0.25) is 0 Å². The molecule has 0 saturated heterocycles. The van der Waals surface area contributed by atoms with Crippen molar-refractivity contribution in [1.29, 1.82) is 0 Å². The molecule has 1 aromatic heterocycles. The van der Waals surface area contributed by atoms with E-state index in [1.807, 2.05) is 25.1 Å². The number of carbonyl (C=O) groups is 1. The Hall–Kier alpha value is -1.85. The number of rotatable bonds is 9. The molecular formula is C20H30N2O3. The van der Waals surface area contributed by atoms with Gasteiger partial charge < -0.3 is 19.3 Å². The Balaban J connectivity index is 2.20. The van der Waals surface area contributed by atoms with E-state index >= 15 is 0 Å². The monoisotopic (exact) mass is 346 g/mol. The van der Waals surface area contributed by atoms with Gasteiger partial charge >= 0.3 is 0 Å². The molecule has 0 aliphatic rings. The van der Waals surface area contributed by atoms with Crippen molar-refractivity contribution in [2.45, 2.75) is 47.3 Å². The van der Waals surface area contributed by atoms with Gasteiger partial charge in [0.1, 0.15) is 18.5 Å². The predicted octanol–water partition coefficient (Wildman–Crippen LogP) is 3.25. The minimum Gasteiger partial charge on any atom is -0.491 e. The fourth-order valence-corrected chi connectivity index (χ4v) is 3.43. The standard InChI is InChI=1S/C20H30N2O3/c1-6-21(7-2)12-16(24)13-25-17-9-10-19-18(11-17)20(15(5)23)14(4)22(19)8-3/h9-11,16,24H,6-8,12-13H2,1-5H3/t16-/m0/s1. The molecule has 0 bridgehead atoms. The first-order valence-electron chi connectivity index (χ1n) is 9.09. The minimum atomic E-state index is -0.537. The number of aliphatic hydroxyl groups excluding tert-OH is 1. The van der Waals surface area contributed by atoms with Crippen LogP contribution < -0.4 is 4.74 Å². The second-order valence-electron chi connectivity index (χ2n) is 6.39. The van der Waals surface area contributed by atoms with E-state index in [1.54, 1.807) is 6.92 Å². The van der Waals surface area contributed by atoms with Crippen LogP contribution in [0.2, 0.25) is 0 Å². The van der Waals surface area contributed by atoms with Gasteiger partial charge in [-0.05, 0) is 52.1 Å². The van der Waals surface area contributed by atoms with Crippen LogP contribution >= 0.6 is 0 Å². The Morgan fingerprint density at radius 2 is 1.96 bits per heavy atom. The lowest BCUT2D eigenvalue weighted by Gasteiger charge is -2.21. The van der Waals surface area contributed by atoms with Gasteiger partial charge in [0, 0.05) is 35.2 Å². The molecule has 1 aromatic carbocycles. The van der Waals surface area contributed by atoms with Gasteiger partial charge in [-0.25, -0.2) is 0 Å². The number of aliphatic hydroxyl groups is 1. The number of benzene rings is 1. The van der Waals surface area contributed by atoms with Crippen LogP contribution in [0.1, 0.15) is 43.7 Å². The van der Waals surface area contributed by atoms with Crippen molar-refractivity contribution in [3.8, 4) is 5.75 Å². The number of ether oxygens (including phenoxy) is 1. The summed E-state index contributed by atoms with van der Waals surface area (Å²) in [5, 5.41) is 11.1. The first-order valence-corrected chi connectivity index (χ1v) is 9.09. The zero-order valence-electron chi connectivity index (χ0n) is 16.0. The molecule has 1 N–H and O–H groups in total. The summed E-state index contributed by atoms with van der Waals surface area (Å²) in [6.07, 6.45) is -0.537. The lowest BCUT2D eigenvalue weighted by molar-refractivity contribution is 0.0717. The average molecular weight is 346 g/mol. The maximum absolute atomic E-state index is 12.1. The number of fused-ring (bicyclic) bond motifs is 1. The highest BCUT2D eigenvalue weighted by molar-refractivity contribution is 6.08. The number of likely N-dealkylation sites (N-methyl/N-ethyl adjacent to an activating group) is 1. The number of hydrogen-bond acceptors (Lipinski definition) is 4. The van der Waals surface area contributed by atoms with Gasteiger partial charge in [0.15, 0.2) is 5.78 Å². The third-order valence-electron chi connectivity index (χ3n) is 4.77. The van der Waals surface area contributed by atoms with Crippen molar-refractivity contribution in [2.75, 3.05) is 26.2 Å². The summed E-state index contributed by atoms with van der Waals surface area (Å²) >= 11 is 0. The van der Waals surface area contributed by atoms with Crippen LogP contribution in [0.3, 0.4) is 0 Å². The van der Waals surface area contributed by atoms with E-state index in [0.29, 0.717) is 12.3 Å². The van der Waals surface area contributed by atoms with Crippen LogP contribution in [0.25, 0.3) is 10.9 Å². The summed E-state index contributed by atoms with van der Waals surface area (Å²) in [6, 6.07) is 5.81. The number of carbonyl (C=O) groups excluding carboxylic acids is 1. The molecule has 5 heteroatoms. The summed E-state index contributed by atoms with van der Waals surface area (Å²) in [5.74, 6) is 0.746. The molecule has 0 fully saturated rings. The molecule has 5 nitrogen and oxygen atoms in total. The minimum absolute atomic E-state index is 0.0634. The summed E-state index contributed by atoms with van der Waals surface area (Å²) in [6.45, 7) is 13.3. The van der Waals surface area contributed by atoms with Crippen LogP contribution in [0.15, 0.2) is 18.2 Å². The van der Waals surface area contributed by atoms with Crippen molar-refractivity contribution >= 4 is 16.7 Å². The lowest BCUT2D eigenvalue weighted by atomic mass is 10.1. The van der Waals surface area contributed by atoms with Crippen LogP contribution in [-0.4, -0.2) is 52.7 Å². The number of aromatic nitrogens is 1. The van der Waals surface area contributed by atoms with Gasteiger partial charge in [0.25, 0.3) is 0 Å². The lowest BCUT2D eigenvalue weighted by Crippen LogP contribution is -2.35. The zero-order chi connectivity index (χ0) is 18.6. The fourth-order valence-electron chi connectivity index (χ4n) is 3.43. The molecule has 0 saturated carbocycles. The first kappa shape index (κ1) is 19.5. The third kappa shape index (κ3) is 4.22. The van der Waals surface area contributed by atoms with Gasteiger partial charge in [-0.1, -0.05) is 13.8 Å². The maximum atomic E-state index is 12.1. The Morgan fingerprint density at radius 3 is 2.52 bits per heavy atom.